The van der Waals surface area contributed by atoms with Gasteiger partial charge in [0.25, 0.3) is 0 Å². The van der Waals surface area contributed by atoms with E-state index in [1.165, 1.54) is 0 Å². The van der Waals surface area contributed by atoms with E-state index >= 15 is 0 Å². The zero-order valence-corrected chi connectivity index (χ0v) is 17.0. The molecule has 4 rings (SSSR count). The quantitative estimate of drug-likeness (QED) is 0.744. The molecule has 2 heterocycles. The molecule has 6 nitrogen and oxygen atoms in total. The Hall–Kier alpha value is -3.28. The maximum atomic E-state index is 12.8. The van der Waals surface area contributed by atoms with E-state index in [9.17, 15) is 9.59 Å². The number of nitrogens with one attached hydrogen (secondary N) is 2. The summed E-state index contributed by atoms with van der Waals surface area (Å²) in [4.78, 5) is 25.3. The molecule has 0 aromatic heterocycles. The first-order valence-corrected chi connectivity index (χ1v) is 10.3. The largest absolute Gasteiger partial charge is 0.454 e. The molecule has 6 heteroatoms. The summed E-state index contributed by atoms with van der Waals surface area (Å²) in [7, 11) is 0. The van der Waals surface area contributed by atoms with Gasteiger partial charge in [-0.1, -0.05) is 55.5 Å². The van der Waals surface area contributed by atoms with Crippen LogP contribution in [0, 0.1) is 5.92 Å². The molecule has 2 aliphatic heterocycles. The van der Waals surface area contributed by atoms with E-state index in [1.54, 1.807) is 6.92 Å². The Bertz CT molecular complexity index is 941. The van der Waals surface area contributed by atoms with Gasteiger partial charge in [-0.3, -0.25) is 9.59 Å². The molecule has 2 amide bonds. The van der Waals surface area contributed by atoms with Crippen LogP contribution in [0.3, 0.4) is 0 Å². The molecule has 0 bridgehead atoms. The Morgan fingerprint density at radius 3 is 2.30 bits per heavy atom. The number of hydrogen-bond acceptors (Lipinski definition) is 4. The Kier molecular flexibility index (Phi) is 6.02. The van der Waals surface area contributed by atoms with Crippen molar-refractivity contribution in [3.63, 3.8) is 0 Å². The van der Waals surface area contributed by atoms with E-state index in [-0.39, 0.29) is 37.1 Å². The SMILES string of the molecule is C[C@@H]1CC(=O)N[C@@H](c2ccccc2)C/C=C\C[C@H](c2ccc3c(c2)OCO3)NC1=O. The second kappa shape index (κ2) is 9.03. The summed E-state index contributed by atoms with van der Waals surface area (Å²) in [5.41, 5.74) is 2.00. The molecule has 0 saturated carbocycles. The fourth-order valence-corrected chi connectivity index (χ4v) is 3.77. The second-order valence-corrected chi connectivity index (χ2v) is 7.75. The standard InChI is InChI=1S/C24H26N2O4/c1-16-13-23(27)25-19(17-7-3-2-4-8-17)9-5-6-10-20(26-24(16)28)18-11-12-21-22(14-18)30-15-29-21/h2-8,11-12,14,16,19-20H,9-10,13,15H2,1H3,(H,25,27)(H,26,28)/b6-5-/t16-,19-,20-/m1/s1. The van der Waals surface area contributed by atoms with Gasteiger partial charge in [0.05, 0.1) is 12.1 Å². The summed E-state index contributed by atoms with van der Waals surface area (Å²) in [5, 5.41) is 6.16. The summed E-state index contributed by atoms with van der Waals surface area (Å²) in [6.07, 6.45) is 5.60. The Morgan fingerprint density at radius 2 is 1.53 bits per heavy atom. The van der Waals surface area contributed by atoms with Crippen LogP contribution in [0.2, 0.25) is 0 Å². The van der Waals surface area contributed by atoms with E-state index in [2.05, 4.69) is 22.8 Å². The molecular formula is C24H26N2O4. The molecule has 0 saturated heterocycles. The molecule has 30 heavy (non-hydrogen) atoms. The van der Waals surface area contributed by atoms with Gasteiger partial charge in [0.2, 0.25) is 18.6 Å². The summed E-state index contributed by atoms with van der Waals surface area (Å²) in [6, 6.07) is 15.3. The number of fused-ring (bicyclic) bond motifs is 1. The molecule has 2 aromatic rings. The maximum absolute atomic E-state index is 12.8. The van der Waals surface area contributed by atoms with Crippen molar-refractivity contribution in [1.82, 2.24) is 10.6 Å². The summed E-state index contributed by atoms with van der Waals surface area (Å²) >= 11 is 0. The van der Waals surface area contributed by atoms with E-state index in [0.717, 1.165) is 11.1 Å². The van der Waals surface area contributed by atoms with Crippen LogP contribution in [0.1, 0.15) is 49.4 Å². The third kappa shape index (κ3) is 4.64. The molecule has 2 aromatic carbocycles. The molecule has 0 radical (unpaired) electrons. The van der Waals surface area contributed by atoms with Gasteiger partial charge in [0.15, 0.2) is 11.5 Å². The molecular weight excluding hydrogens is 380 g/mol. The Balaban J connectivity index is 1.58. The topological polar surface area (TPSA) is 76.7 Å². The number of benzene rings is 2. The van der Waals surface area contributed by atoms with Crippen molar-refractivity contribution in [1.29, 1.82) is 0 Å². The predicted octanol–water partition coefficient (Wildman–Crippen LogP) is 3.81. The highest BCUT2D eigenvalue weighted by atomic mass is 16.7. The van der Waals surface area contributed by atoms with Gasteiger partial charge in [0.1, 0.15) is 0 Å². The van der Waals surface area contributed by atoms with Crippen molar-refractivity contribution in [3.05, 3.63) is 71.8 Å². The van der Waals surface area contributed by atoms with Crippen LogP contribution in [0.25, 0.3) is 0 Å². The molecule has 0 unspecified atom stereocenters. The first kappa shape index (κ1) is 20.0. The number of ether oxygens (including phenoxy) is 2. The average Bonchev–Trinajstić information content (AvgIpc) is 3.22. The fourth-order valence-electron chi connectivity index (χ4n) is 3.77. The van der Waals surface area contributed by atoms with Gasteiger partial charge in [-0.15, -0.1) is 0 Å². The number of rotatable bonds is 2. The van der Waals surface area contributed by atoms with E-state index in [4.69, 9.17) is 9.47 Å². The van der Waals surface area contributed by atoms with Gasteiger partial charge in [-0.25, -0.2) is 0 Å². The number of hydrogen-bond donors (Lipinski definition) is 2. The van der Waals surface area contributed by atoms with Crippen molar-refractivity contribution in [3.8, 4) is 11.5 Å². The highest BCUT2D eigenvalue weighted by molar-refractivity contribution is 5.86. The van der Waals surface area contributed by atoms with Crippen molar-refractivity contribution in [2.75, 3.05) is 6.79 Å². The van der Waals surface area contributed by atoms with Crippen LogP contribution in [-0.4, -0.2) is 18.6 Å². The van der Waals surface area contributed by atoms with Gasteiger partial charge in [-0.2, -0.15) is 0 Å². The summed E-state index contributed by atoms with van der Waals surface area (Å²) in [6.45, 7) is 1.99. The summed E-state index contributed by atoms with van der Waals surface area (Å²) in [5.74, 6) is 0.706. The van der Waals surface area contributed by atoms with Crippen molar-refractivity contribution >= 4 is 11.8 Å². The van der Waals surface area contributed by atoms with Gasteiger partial charge in [0, 0.05) is 12.3 Å². The van der Waals surface area contributed by atoms with Crippen molar-refractivity contribution < 1.29 is 19.1 Å². The van der Waals surface area contributed by atoms with Crippen molar-refractivity contribution in [2.45, 2.75) is 38.3 Å². The second-order valence-electron chi connectivity index (χ2n) is 7.75. The van der Waals surface area contributed by atoms with E-state index < -0.39 is 5.92 Å². The minimum Gasteiger partial charge on any atom is -0.454 e. The fraction of sp³-hybridized carbons (Fsp3) is 0.333. The number of carbonyl (C=O) groups is 2. The van der Waals surface area contributed by atoms with E-state index in [1.807, 2.05) is 48.5 Å². The van der Waals surface area contributed by atoms with Crippen LogP contribution in [0.15, 0.2) is 60.7 Å². The van der Waals surface area contributed by atoms with Gasteiger partial charge in [-0.05, 0) is 36.1 Å². The van der Waals surface area contributed by atoms with Crippen LogP contribution >= 0.6 is 0 Å². The third-order valence-corrected chi connectivity index (χ3v) is 5.50. The summed E-state index contributed by atoms with van der Waals surface area (Å²) < 4.78 is 10.9. The average molecular weight is 406 g/mol. The highest BCUT2D eigenvalue weighted by Gasteiger charge is 2.24. The molecule has 2 N–H and O–H groups in total. The first-order valence-electron chi connectivity index (χ1n) is 10.3. The normalized spacial score (nSPS) is 25.4. The van der Waals surface area contributed by atoms with Gasteiger partial charge >= 0.3 is 0 Å². The molecule has 0 spiro atoms. The zero-order valence-electron chi connectivity index (χ0n) is 17.0. The van der Waals surface area contributed by atoms with Crippen LogP contribution in [-0.2, 0) is 9.59 Å². The number of carbonyl (C=O) groups excluding carboxylic acids is 2. The lowest BCUT2D eigenvalue weighted by atomic mass is 9.97. The number of amides is 2. The Morgan fingerprint density at radius 1 is 0.833 bits per heavy atom. The van der Waals surface area contributed by atoms with Crippen LogP contribution in [0.5, 0.6) is 11.5 Å². The van der Waals surface area contributed by atoms with Gasteiger partial charge < -0.3 is 20.1 Å². The van der Waals surface area contributed by atoms with Crippen LogP contribution < -0.4 is 20.1 Å². The van der Waals surface area contributed by atoms with Crippen molar-refractivity contribution in [2.24, 2.45) is 5.92 Å². The first-order chi connectivity index (χ1) is 14.6. The molecule has 3 atom stereocenters. The smallest absolute Gasteiger partial charge is 0.231 e. The van der Waals surface area contributed by atoms with E-state index in [0.29, 0.717) is 24.3 Å². The minimum absolute atomic E-state index is 0.117. The lowest BCUT2D eigenvalue weighted by Crippen LogP contribution is -2.37. The molecule has 2 aliphatic rings. The maximum Gasteiger partial charge on any atom is 0.231 e. The van der Waals surface area contributed by atoms with Crippen LogP contribution in [0.4, 0.5) is 0 Å². The third-order valence-electron chi connectivity index (χ3n) is 5.50. The molecule has 156 valence electrons. The highest BCUT2D eigenvalue weighted by Crippen LogP contribution is 2.35. The zero-order chi connectivity index (χ0) is 20.9. The monoisotopic (exact) mass is 406 g/mol. The minimum atomic E-state index is -0.429. The predicted molar refractivity (Wildman–Crippen MR) is 113 cm³/mol. The molecule has 0 fully saturated rings. The Labute approximate surface area is 176 Å². The lowest BCUT2D eigenvalue weighted by molar-refractivity contribution is -0.130. The lowest BCUT2D eigenvalue weighted by Gasteiger charge is -2.23. The molecule has 0 aliphatic carbocycles.